The van der Waals surface area contributed by atoms with Crippen LogP contribution in [0.2, 0.25) is 0 Å². The van der Waals surface area contributed by atoms with Gasteiger partial charge in [0.25, 0.3) is 0 Å². The Hall–Kier alpha value is -7.22. The Kier molecular flexibility index (Phi) is 6.62. The van der Waals surface area contributed by atoms with Gasteiger partial charge in [0.15, 0.2) is 0 Å². The molecule has 0 saturated carbocycles. The third-order valence-corrected chi connectivity index (χ3v) is 12.3. The lowest BCUT2D eigenvalue weighted by Crippen LogP contribution is -2.28. The quantitative estimate of drug-likeness (QED) is 0.177. The van der Waals surface area contributed by atoms with E-state index in [4.69, 9.17) is 4.74 Å². The van der Waals surface area contributed by atoms with Gasteiger partial charge < -0.3 is 4.74 Å². The Labute approximate surface area is 325 Å². The van der Waals surface area contributed by atoms with Gasteiger partial charge in [0.05, 0.1) is 5.41 Å². The van der Waals surface area contributed by atoms with Gasteiger partial charge >= 0.3 is 0 Å². The van der Waals surface area contributed by atoms with Crippen LogP contribution < -0.4 is 4.74 Å². The second kappa shape index (κ2) is 11.9. The third kappa shape index (κ3) is 4.31. The van der Waals surface area contributed by atoms with E-state index in [1.807, 2.05) is 0 Å². The van der Waals surface area contributed by atoms with Gasteiger partial charge in [-0.2, -0.15) is 0 Å². The number of hydrogen-bond donors (Lipinski definition) is 0. The molecule has 0 fully saturated rings. The van der Waals surface area contributed by atoms with Crippen LogP contribution in [0.25, 0.3) is 76.8 Å². The summed E-state index contributed by atoms with van der Waals surface area (Å²) in [5.74, 6) is 1.81. The van der Waals surface area contributed by atoms with Crippen molar-refractivity contribution in [2.24, 2.45) is 0 Å². The first-order valence-corrected chi connectivity index (χ1v) is 19.4. The maximum absolute atomic E-state index is 6.53. The maximum atomic E-state index is 6.53. The van der Waals surface area contributed by atoms with Crippen molar-refractivity contribution < 1.29 is 4.74 Å². The number of fused-ring (bicyclic) bond motifs is 7. The predicted molar refractivity (Wildman–Crippen MR) is 233 cm³/mol. The summed E-state index contributed by atoms with van der Waals surface area (Å²) < 4.78 is 6.53. The zero-order chi connectivity index (χ0) is 36.8. The molecule has 1 heterocycles. The summed E-state index contributed by atoms with van der Waals surface area (Å²) >= 11 is 0. The largest absolute Gasteiger partial charge is 0.456 e. The molecule has 12 rings (SSSR count). The highest BCUT2D eigenvalue weighted by molar-refractivity contribution is 6.14. The summed E-state index contributed by atoms with van der Waals surface area (Å²) in [6.07, 6.45) is 0. The number of hydrogen-bond acceptors (Lipinski definition) is 1. The second-order valence-corrected chi connectivity index (χ2v) is 15.1. The Morgan fingerprint density at radius 1 is 0.321 bits per heavy atom. The van der Waals surface area contributed by atoms with Gasteiger partial charge in [0.2, 0.25) is 0 Å². The topological polar surface area (TPSA) is 9.23 Å². The van der Waals surface area contributed by atoms with E-state index in [1.165, 1.54) is 88.0 Å². The van der Waals surface area contributed by atoms with Crippen molar-refractivity contribution in [2.75, 3.05) is 0 Å². The van der Waals surface area contributed by atoms with Gasteiger partial charge in [-0.1, -0.05) is 176 Å². The summed E-state index contributed by atoms with van der Waals surface area (Å²) in [5, 5.41) is 7.37. The fourth-order valence-corrected chi connectivity index (χ4v) is 9.95. The molecule has 0 unspecified atom stereocenters. The highest BCUT2D eigenvalue weighted by Gasteiger charge is 2.47. The van der Waals surface area contributed by atoms with Crippen LogP contribution in [-0.4, -0.2) is 0 Å². The Morgan fingerprint density at radius 3 is 1.71 bits per heavy atom. The molecule has 56 heavy (non-hydrogen) atoms. The van der Waals surface area contributed by atoms with Crippen molar-refractivity contribution in [3.8, 4) is 56.0 Å². The molecule has 0 radical (unpaired) electrons. The Morgan fingerprint density at radius 2 is 0.929 bits per heavy atom. The molecule has 0 aromatic heterocycles. The van der Waals surface area contributed by atoms with Gasteiger partial charge in [0.1, 0.15) is 11.5 Å². The molecule has 10 aromatic rings. The van der Waals surface area contributed by atoms with E-state index in [0.29, 0.717) is 0 Å². The van der Waals surface area contributed by atoms with Gasteiger partial charge in [-0.15, -0.1) is 0 Å². The van der Waals surface area contributed by atoms with Crippen LogP contribution in [0.15, 0.2) is 206 Å². The Bertz CT molecular complexity index is 3160. The fraction of sp³-hybridized carbons (Fsp3) is 0.0182. The Balaban J connectivity index is 1.19. The molecule has 260 valence electrons. The molecule has 0 amide bonds. The van der Waals surface area contributed by atoms with Gasteiger partial charge in [-0.05, 0) is 118 Å². The lowest BCUT2D eigenvalue weighted by atomic mass is 9.67. The number of benzene rings is 10. The second-order valence-electron chi connectivity index (χ2n) is 15.1. The van der Waals surface area contributed by atoms with E-state index in [1.54, 1.807) is 0 Å². The van der Waals surface area contributed by atoms with Crippen molar-refractivity contribution in [3.63, 3.8) is 0 Å². The lowest BCUT2D eigenvalue weighted by Gasteiger charge is -2.34. The maximum Gasteiger partial charge on any atom is 0.135 e. The molecule has 2 aliphatic rings. The molecule has 0 N–H and O–H groups in total. The van der Waals surface area contributed by atoms with Crippen molar-refractivity contribution in [2.45, 2.75) is 5.41 Å². The first-order valence-electron chi connectivity index (χ1n) is 19.4. The van der Waals surface area contributed by atoms with E-state index < -0.39 is 5.41 Å². The van der Waals surface area contributed by atoms with Crippen LogP contribution in [-0.2, 0) is 5.41 Å². The van der Waals surface area contributed by atoms with Crippen LogP contribution in [0.5, 0.6) is 11.5 Å². The summed E-state index contributed by atoms with van der Waals surface area (Å²) in [6.45, 7) is 0. The summed E-state index contributed by atoms with van der Waals surface area (Å²) in [7, 11) is 0. The molecule has 1 nitrogen and oxygen atoms in total. The first-order chi connectivity index (χ1) is 27.8. The lowest BCUT2D eigenvalue weighted by molar-refractivity contribution is 0.487. The monoisotopic (exact) mass is 710 g/mol. The molecule has 0 saturated heterocycles. The average molecular weight is 711 g/mol. The van der Waals surface area contributed by atoms with Crippen LogP contribution in [0.1, 0.15) is 22.3 Å². The summed E-state index contributed by atoms with van der Waals surface area (Å²) in [5.41, 5.74) is 14.3. The number of rotatable bonds is 4. The molecule has 0 bridgehead atoms. The first kappa shape index (κ1) is 31.2. The average Bonchev–Trinajstić information content (AvgIpc) is 3.56. The summed E-state index contributed by atoms with van der Waals surface area (Å²) in [6, 6.07) is 76.1. The highest BCUT2D eigenvalue weighted by Crippen LogP contribution is 2.61. The van der Waals surface area contributed by atoms with Crippen molar-refractivity contribution in [1.82, 2.24) is 0 Å². The highest BCUT2D eigenvalue weighted by atomic mass is 16.5. The zero-order valence-corrected chi connectivity index (χ0v) is 30.5. The minimum Gasteiger partial charge on any atom is -0.456 e. The molecule has 0 atom stereocenters. The van der Waals surface area contributed by atoms with E-state index in [-0.39, 0.29) is 0 Å². The molecule has 0 spiro atoms. The molecular weight excluding hydrogens is 677 g/mol. The fourth-order valence-electron chi connectivity index (χ4n) is 9.95. The van der Waals surface area contributed by atoms with Crippen LogP contribution in [0.3, 0.4) is 0 Å². The van der Waals surface area contributed by atoms with E-state index >= 15 is 0 Å². The van der Waals surface area contributed by atoms with Gasteiger partial charge in [0, 0.05) is 10.9 Å². The summed E-state index contributed by atoms with van der Waals surface area (Å²) in [4.78, 5) is 0. The minimum atomic E-state index is -0.575. The minimum absolute atomic E-state index is 0.575. The van der Waals surface area contributed by atoms with Crippen LogP contribution >= 0.6 is 0 Å². The normalized spacial score (nSPS) is 13.3. The van der Waals surface area contributed by atoms with Crippen LogP contribution in [0, 0.1) is 0 Å². The van der Waals surface area contributed by atoms with Crippen molar-refractivity contribution in [3.05, 3.63) is 229 Å². The molecule has 10 aromatic carbocycles. The van der Waals surface area contributed by atoms with Crippen LogP contribution in [0.4, 0.5) is 0 Å². The standard InChI is InChI=1S/C55H34O/c1-3-19-40(20-4-1)55(41-21-5-2-6-22-41)48-33-38(37-29-31-50-47(32-37)45-26-12-17-36-18-13-27-51(56-50)52(36)45)28-30-46(48)54-49(55)34-39-15-8-10-24-43(39)53(54)44-25-11-16-35-14-7-9-23-42(35)44/h1-34H. The third-order valence-electron chi connectivity index (χ3n) is 12.3. The van der Waals surface area contributed by atoms with Gasteiger partial charge in [-0.25, -0.2) is 0 Å². The number of ether oxygens (including phenoxy) is 1. The SMILES string of the molecule is c1ccc(C2(c3ccccc3)c3cc(-c4ccc5c(c4)-c4cccc6cccc(c46)O5)ccc3-c3c2cc2ccccc2c3-c2cccc3ccccc23)cc1. The molecular formula is C55H34O. The smallest absolute Gasteiger partial charge is 0.135 e. The van der Waals surface area contributed by atoms with Gasteiger partial charge in [-0.3, -0.25) is 0 Å². The van der Waals surface area contributed by atoms with E-state index in [0.717, 1.165) is 22.6 Å². The van der Waals surface area contributed by atoms with Crippen molar-refractivity contribution in [1.29, 1.82) is 0 Å². The van der Waals surface area contributed by atoms with E-state index in [2.05, 4.69) is 206 Å². The molecule has 1 heteroatoms. The van der Waals surface area contributed by atoms with E-state index in [9.17, 15) is 0 Å². The molecule has 1 aliphatic carbocycles. The predicted octanol–water partition coefficient (Wildman–Crippen LogP) is 14.6. The van der Waals surface area contributed by atoms with Crippen molar-refractivity contribution >= 4 is 32.3 Å². The molecule has 1 aliphatic heterocycles. The zero-order valence-electron chi connectivity index (χ0n) is 30.5.